The van der Waals surface area contributed by atoms with E-state index in [1.54, 1.807) is 0 Å². The Morgan fingerprint density at radius 1 is 0.966 bits per heavy atom. The number of benzene rings is 2. The number of ether oxygens (including phenoxy) is 1. The zero-order valence-corrected chi connectivity index (χ0v) is 16.7. The molecule has 2 aromatic rings. The summed E-state index contributed by atoms with van der Waals surface area (Å²) in [5, 5.41) is -0.896. The molecule has 0 saturated heterocycles. The van der Waals surface area contributed by atoms with Crippen LogP contribution in [0.1, 0.15) is 50.2 Å². The van der Waals surface area contributed by atoms with Crippen molar-refractivity contribution in [3.8, 4) is 5.75 Å². The van der Waals surface area contributed by atoms with E-state index in [9.17, 15) is 22.0 Å². The summed E-state index contributed by atoms with van der Waals surface area (Å²) < 4.78 is 74.2. The highest BCUT2D eigenvalue weighted by Crippen LogP contribution is 2.36. The lowest BCUT2D eigenvalue weighted by Gasteiger charge is -2.26. The SMILES string of the molecule is CC1CCC(CCc2ccc(OC(F)(F)c3cc(F)c(Cl)c(F)c3)c(F)c2)CC1. The summed E-state index contributed by atoms with van der Waals surface area (Å²) in [6.45, 7) is 2.24. The first-order valence-corrected chi connectivity index (χ1v) is 10.0. The van der Waals surface area contributed by atoms with Crippen molar-refractivity contribution in [2.45, 2.75) is 51.6 Å². The molecule has 3 rings (SSSR count). The van der Waals surface area contributed by atoms with Crippen LogP contribution in [0.25, 0.3) is 0 Å². The Hall–Kier alpha value is -1.82. The van der Waals surface area contributed by atoms with E-state index in [2.05, 4.69) is 11.7 Å². The van der Waals surface area contributed by atoms with Gasteiger partial charge in [-0.05, 0) is 54.5 Å². The van der Waals surface area contributed by atoms with Crippen molar-refractivity contribution in [3.63, 3.8) is 0 Å². The maximum Gasteiger partial charge on any atom is 0.427 e. The smallest absolute Gasteiger partial charge is 0.426 e. The lowest BCUT2D eigenvalue weighted by atomic mass is 9.80. The van der Waals surface area contributed by atoms with E-state index in [0.717, 1.165) is 31.2 Å². The molecule has 158 valence electrons. The Labute approximate surface area is 171 Å². The van der Waals surface area contributed by atoms with Crippen molar-refractivity contribution in [2.75, 3.05) is 0 Å². The van der Waals surface area contributed by atoms with Gasteiger partial charge in [-0.15, -0.1) is 0 Å². The molecule has 0 amide bonds. The van der Waals surface area contributed by atoms with Crippen LogP contribution < -0.4 is 4.74 Å². The Morgan fingerprint density at radius 3 is 2.17 bits per heavy atom. The van der Waals surface area contributed by atoms with Crippen LogP contribution in [0, 0.1) is 29.3 Å². The second-order valence-electron chi connectivity index (χ2n) is 7.80. The topological polar surface area (TPSA) is 9.23 Å². The molecule has 0 spiro atoms. The first-order chi connectivity index (χ1) is 13.7. The Bertz CT molecular complexity index is 839. The van der Waals surface area contributed by atoms with E-state index in [1.807, 2.05) is 0 Å². The zero-order valence-electron chi connectivity index (χ0n) is 16.0. The van der Waals surface area contributed by atoms with Crippen LogP contribution in [-0.4, -0.2) is 0 Å². The first kappa shape index (κ1) is 21.9. The second-order valence-corrected chi connectivity index (χ2v) is 8.18. The predicted molar refractivity (Wildman–Crippen MR) is 102 cm³/mol. The third-order valence-corrected chi connectivity index (χ3v) is 5.89. The van der Waals surface area contributed by atoms with E-state index in [-0.39, 0.29) is 0 Å². The van der Waals surface area contributed by atoms with E-state index < -0.39 is 39.9 Å². The molecule has 1 saturated carbocycles. The molecule has 0 radical (unpaired) electrons. The number of aryl methyl sites for hydroxylation is 1. The van der Waals surface area contributed by atoms with E-state index in [1.165, 1.54) is 25.0 Å². The number of hydrogen-bond acceptors (Lipinski definition) is 1. The van der Waals surface area contributed by atoms with Crippen molar-refractivity contribution >= 4 is 11.6 Å². The van der Waals surface area contributed by atoms with Crippen LogP contribution in [0.4, 0.5) is 22.0 Å². The predicted octanol–water partition coefficient (Wildman–Crippen LogP) is 7.64. The van der Waals surface area contributed by atoms with Crippen LogP contribution in [0.15, 0.2) is 30.3 Å². The summed E-state index contributed by atoms with van der Waals surface area (Å²) in [7, 11) is 0. The van der Waals surface area contributed by atoms with Gasteiger partial charge in [0, 0.05) is 0 Å². The van der Waals surface area contributed by atoms with E-state index in [0.29, 0.717) is 30.0 Å². The number of rotatable bonds is 6. The van der Waals surface area contributed by atoms with Gasteiger partial charge in [0.25, 0.3) is 0 Å². The standard InChI is InChI=1S/C22H22ClF5O/c1-13-2-4-14(5-3-13)6-7-15-8-9-20(17(24)10-15)29-22(27,28)16-11-18(25)21(23)19(26)12-16/h8-14H,2-7H2,1H3. The lowest BCUT2D eigenvalue weighted by molar-refractivity contribution is -0.187. The third kappa shape index (κ3) is 5.41. The molecule has 0 bridgehead atoms. The molecule has 0 heterocycles. The summed E-state index contributed by atoms with van der Waals surface area (Å²) in [4.78, 5) is 0. The van der Waals surface area contributed by atoms with Crippen LogP contribution >= 0.6 is 11.6 Å². The summed E-state index contributed by atoms with van der Waals surface area (Å²) in [5.41, 5.74) is -0.396. The van der Waals surface area contributed by atoms with Crippen LogP contribution in [-0.2, 0) is 12.5 Å². The van der Waals surface area contributed by atoms with Gasteiger partial charge in [-0.3, -0.25) is 0 Å². The van der Waals surface area contributed by atoms with Crippen LogP contribution in [0.3, 0.4) is 0 Å². The fraction of sp³-hybridized carbons (Fsp3) is 0.455. The summed E-state index contributed by atoms with van der Waals surface area (Å²) in [6, 6.07) is 4.54. The highest BCUT2D eigenvalue weighted by atomic mass is 35.5. The minimum atomic E-state index is -4.13. The van der Waals surface area contributed by atoms with Crippen LogP contribution in [0.2, 0.25) is 5.02 Å². The quantitative estimate of drug-likeness (QED) is 0.336. The van der Waals surface area contributed by atoms with E-state index >= 15 is 0 Å². The zero-order chi connectivity index (χ0) is 21.2. The van der Waals surface area contributed by atoms with Crippen molar-refractivity contribution in [2.24, 2.45) is 11.8 Å². The largest absolute Gasteiger partial charge is 0.427 e. The number of halogens is 6. The van der Waals surface area contributed by atoms with Crippen molar-refractivity contribution in [1.29, 1.82) is 0 Å². The lowest BCUT2D eigenvalue weighted by Crippen LogP contribution is -2.23. The maximum absolute atomic E-state index is 14.3. The molecule has 1 fully saturated rings. The molecule has 2 aromatic carbocycles. The molecule has 1 nitrogen and oxygen atoms in total. The average molecular weight is 433 g/mol. The van der Waals surface area contributed by atoms with Gasteiger partial charge in [0.2, 0.25) is 0 Å². The Morgan fingerprint density at radius 2 is 1.59 bits per heavy atom. The highest BCUT2D eigenvalue weighted by Gasteiger charge is 2.37. The van der Waals surface area contributed by atoms with E-state index in [4.69, 9.17) is 11.6 Å². The summed E-state index contributed by atoms with van der Waals surface area (Å²) in [5.74, 6) is -2.99. The molecule has 0 atom stereocenters. The minimum absolute atomic E-state index is 0.364. The van der Waals surface area contributed by atoms with Gasteiger partial charge in [-0.25, -0.2) is 13.2 Å². The molecule has 0 aromatic heterocycles. The Balaban J connectivity index is 1.67. The molecular formula is C22H22ClF5O. The van der Waals surface area contributed by atoms with Gasteiger partial charge in [-0.1, -0.05) is 50.3 Å². The van der Waals surface area contributed by atoms with Gasteiger partial charge in [0.15, 0.2) is 11.6 Å². The molecular weight excluding hydrogens is 411 g/mol. The maximum atomic E-state index is 14.3. The fourth-order valence-electron chi connectivity index (χ4n) is 3.69. The van der Waals surface area contributed by atoms with Crippen molar-refractivity contribution in [3.05, 3.63) is 63.9 Å². The fourth-order valence-corrected chi connectivity index (χ4v) is 3.80. The molecule has 0 N–H and O–H groups in total. The first-order valence-electron chi connectivity index (χ1n) is 9.66. The highest BCUT2D eigenvalue weighted by molar-refractivity contribution is 6.30. The molecule has 0 aliphatic heterocycles. The molecule has 7 heteroatoms. The van der Waals surface area contributed by atoms with Gasteiger partial charge >= 0.3 is 6.11 Å². The van der Waals surface area contributed by atoms with Crippen LogP contribution in [0.5, 0.6) is 5.75 Å². The van der Waals surface area contributed by atoms with Crippen molar-refractivity contribution in [1.82, 2.24) is 0 Å². The van der Waals surface area contributed by atoms with Gasteiger partial charge in [0.1, 0.15) is 16.7 Å². The van der Waals surface area contributed by atoms with Gasteiger partial charge < -0.3 is 4.74 Å². The average Bonchev–Trinajstić information content (AvgIpc) is 2.67. The molecule has 1 aliphatic rings. The second kappa shape index (κ2) is 8.90. The Kier molecular flexibility index (Phi) is 6.72. The number of hydrogen-bond donors (Lipinski definition) is 0. The monoisotopic (exact) mass is 432 g/mol. The third-order valence-electron chi connectivity index (χ3n) is 5.53. The molecule has 1 aliphatic carbocycles. The molecule has 0 unspecified atom stereocenters. The van der Waals surface area contributed by atoms with Crippen molar-refractivity contribution < 1.29 is 26.7 Å². The molecule has 29 heavy (non-hydrogen) atoms. The normalized spacial score (nSPS) is 20.0. The minimum Gasteiger partial charge on any atom is -0.426 e. The number of alkyl halides is 2. The van der Waals surface area contributed by atoms with Gasteiger partial charge in [0.05, 0.1) is 5.56 Å². The van der Waals surface area contributed by atoms with Gasteiger partial charge in [-0.2, -0.15) is 8.78 Å². The summed E-state index contributed by atoms with van der Waals surface area (Å²) >= 11 is 5.30. The summed E-state index contributed by atoms with van der Waals surface area (Å²) in [6.07, 6.45) is 2.16.